The Kier molecular flexibility index (Phi) is 6.09. The Morgan fingerprint density at radius 3 is 2.65 bits per heavy atom. The predicted octanol–water partition coefficient (Wildman–Crippen LogP) is 1.31. The number of hydrogen-bond donors (Lipinski definition) is 2. The fourth-order valence-corrected chi connectivity index (χ4v) is 1.09. The zero-order valence-electron chi connectivity index (χ0n) is 9.71. The van der Waals surface area contributed by atoms with Crippen molar-refractivity contribution in [3.05, 3.63) is 29.8 Å². The normalized spacial score (nSPS) is 10.0. The molecule has 0 unspecified atom stereocenters. The van der Waals surface area contributed by atoms with Crippen molar-refractivity contribution in [1.29, 1.82) is 0 Å². The first-order valence-corrected chi connectivity index (χ1v) is 4.69. The van der Waals surface area contributed by atoms with Gasteiger partial charge < -0.3 is 11.5 Å². The van der Waals surface area contributed by atoms with Gasteiger partial charge in [0.25, 0.3) is 5.91 Å². The molecule has 0 heterocycles. The molecule has 0 saturated heterocycles. The van der Waals surface area contributed by atoms with E-state index in [2.05, 4.69) is 0 Å². The lowest BCUT2D eigenvalue weighted by molar-refractivity contribution is -0.162. The number of nitrogens with two attached hydrogens (primary N) is 2. The molecule has 1 aromatic rings. The summed E-state index contributed by atoms with van der Waals surface area (Å²) in [7, 11) is 2.94. The molecule has 0 saturated carbocycles. The minimum atomic E-state index is -0.274. The van der Waals surface area contributed by atoms with Gasteiger partial charge in [0.05, 0.1) is 7.11 Å². The van der Waals surface area contributed by atoms with Crippen LogP contribution in [0.2, 0.25) is 0 Å². The molecule has 0 radical (unpaired) electrons. The molecule has 5 nitrogen and oxygen atoms in total. The van der Waals surface area contributed by atoms with Crippen molar-refractivity contribution >= 4 is 35.8 Å². The van der Waals surface area contributed by atoms with Crippen LogP contribution in [0.4, 0.5) is 11.4 Å². The zero-order chi connectivity index (χ0) is 12.1. The molecule has 0 aliphatic carbocycles. The van der Waals surface area contributed by atoms with Crippen molar-refractivity contribution in [2.75, 3.05) is 25.6 Å². The van der Waals surface area contributed by atoms with Crippen LogP contribution in [0.1, 0.15) is 5.56 Å². The van der Waals surface area contributed by atoms with Gasteiger partial charge in [-0.25, -0.2) is 5.06 Å². The molecular formula is C11H16ClN3O2. The van der Waals surface area contributed by atoms with E-state index in [1.807, 2.05) is 0 Å². The number of carbonyl (C=O) groups is 1. The number of likely N-dealkylation sites (N-methyl/N-ethyl adjacent to an activating group) is 1. The summed E-state index contributed by atoms with van der Waals surface area (Å²) in [6.07, 6.45) is 2.97. The molecule has 1 rings (SSSR count). The van der Waals surface area contributed by atoms with Gasteiger partial charge in [0, 0.05) is 24.5 Å². The third-order valence-corrected chi connectivity index (χ3v) is 2.10. The zero-order valence-corrected chi connectivity index (χ0v) is 10.5. The van der Waals surface area contributed by atoms with Crippen molar-refractivity contribution in [3.63, 3.8) is 0 Å². The highest BCUT2D eigenvalue weighted by molar-refractivity contribution is 5.92. The second-order valence-electron chi connectivity index (χ2n) is 3.24. The van der Waals surface area contributed by atoms with Crippen LogP contribution in [0.25, 0.3) is 6.08 Å². The van der Waals surface area contributed by atoms with Gasteiger partial charge in [0.2, 0.25) is 0 Å². The third-order valence-electron chi connectivity index (χ3n) is 2.10. The topological polar surface area (TPSA) is 81.6 Å². The van der Waals surface area contributed by atoms with Gasteiger partial charge >= 0.3 is 0 Å². The average Bonchev–Trinajstić information content (AvgIpc) is 2.28. The van der Waals surface area contributed by atoms with Gasteiger partial charge in [-0.2, -0.15) is 0 Å². The molecule has 0 aliphatic heterocycles. The van der Waals surface area contributed by atoms with E-state index in [0.717, 1.165) is 5.06 Å². The third kappa shape index (κ3) is 4.34. The van der Waals surface area contributed by atoms with Crippen molar-refractivity contribution in [2.24, 2.45) is 0 Å². The first kappa shape index (κ1) is 15.3. The Hall–Kier alpha value is -1.72. The Morgan fingerprint density at radius 1 is 1.41 bits per heavy atom. The summed E-state index contributed by atoms with van der Waals surface area (Å²) in [4.78, 5) is 16.1. The van der Waals surface area contributed by atoms with Crippen LogP contribution in [0.5, 0.6) is 0 Å². The van der Waals surface area contributed by atoms with E-state index >= 15 is 0 Å². The minimum Gasteiger partial charge on any atom is -0.399 e. The smallest absolute Gasteiger partial charge is 0.269 e. The molecule has 0 fully saturated rings. The van der Waals surface area contributed by atoms with Crippen LogP contribution < -0.4 is 11.5 Å². The Bertz CT molecular complexity index is 421. The Balaban J connectivity index is 0.00000256. The van der Waals surface area contributed by atoms with Gasteiger partial charge in [-0.1, -0.05) is 0 Å². The number of nitrogens with zero attached hydrogens (tertiary/aromatic N) is 1. The Morgan fingerprint density at radius 2 is 2.06 bits per heavy atom. The van der Waals surface area contributed by atoms with E-state index in [-0.39, 0.29) is 18.3 Å². The number of hydroxylamine groups is 2. The van der Waals surface area contributed by atoms with Crippen molar-refractivity contribution < 1.29 is 9.63 Å². The average molecular weight is 258 g/mol. The molecule has 17 heavy (non-hydrogen) atoms. The number of amides is 1. The van der Waals surface area contributed by atoms with E-state index in [4.69, 9.17) is 16.3 Å². The second kappa shape index (κ2) is 6.78. The number of hydrogen-bond acceptors (Lipinski definition) is 4. The largest absolute Gasteiger partial charge is 0.399 e. The quantitative estimate of drug-likeness (QED) is 0.486. The first-order valence-electron chi connectivity index (χ1n) is 4.69. The van der Waals surface area contributed by atoms with Gasteiger partial charge in [0.1, 0.15) is 0 Å². The summed E-state index contributed by atoms with van der Waals surface area (Å²) >= 11 is 0. The molecule has 0 aliphatic rings. The lowest BCUT2D eigenvalue weighted by atomic mass is 10.1. The fraction of sp³-hybridized carbons (Fsp3) is 0.182. The maximum absolute atomic E-state index is 11.4. The van der Waals surface area contributed by atoms with Gasteiger partial charge in [-0.15, -0.1) is 12.4 Å². The molecule has 0 aromatic heterocycles. The SMILES string of the molecule is CON(C)C(=O)/C=C/c1cc(N)ccc1N.Cl. The molecule has 4 N–H and O–H groups in total. The Labute approximate surface area is 106 Å². The van der Waals surface area contributed by atoms with Gasteiger partial charge in [-0.05, 0) is 29.8 Å². The van der Waals surface area contributed by atoms with E-state index in [0.29, 0.717) is 16.9 Å². The minimum absolute atomic E-state index is 0. The van der Waals surface area contributed by atoms with Crippen LogP contribution in [-0.2, 0) is 9.63 Å². The molecule has 1 aromatic carbocycles. The second-order valence-corrected chi connectivity index (χ2v) is 3.24. The van der Waals surface area contributed by atoms with Crippen molar-refractivity contribution in [3.8, 4) is 0 Å². The van der Waals surface area contributed by atoms with Crippen molar-refractivity contribution in [1.82, 2.24) is 5.06 Å². The predicted molar refractivity (Wildman–Crippen MR) is 71.3 cm³/mol. The summed E-state index contributed by atoms with van der Waals surface area (Å²) in [5.74, 6) is -0.274. The number of nitrogen functional groups attached to an aromatic ring is 2. The molecule has 0 bridgehead atoms. The van der Waals surface area contributed by atoms with Gasteiger partial charge in [-0.3, -0.25) is 9.63 Å². The van der Waals surface area contributed by atoms with E-state index in [1.54, 1.807) is 24.3 Å². The summed E-state index contributed by atoms with van der Waals surface area (Å²) in [5, 5.41) is 1.11. The van der Waals surface area contributed by atoms with Crippen LogP contribution >= 0.6 is 12.4 Å². The highest BCUT2D eigenvalue weighted by atomic mass is 35.5. The van der Waals surface area contributed by atoms with Crippen LogP contribution in [0.15, 0.2) is 24.3 Å². The first-order chi connectivity index (χ1) is 7.54. The van der Waals surface area contributed by atoms with E-state index < -0.39 is 0 Å². The van der Waals surface area contributed by atoms with Crippen molar-refractivity contribution in [2.45, 2.75) is 0 Å². The summed E-state index contributed by atoms with van der Waals surface area (Å²) in [6, 6.07) is 5.10. The summed E-state index contributed by atoms with van der Waals surface area (Å²) < 4.78 is 0. The number of benzene rings is 1. The number of anilines is 2. The molecule has 0 spiro atoms. The molecular weight excluding hydrogens is 242 g/mol. The fourth-order valence-electron chi connectivity index (χ4n) is 1.09. The lowest BCUT2D eigenvalue weighted by Gasteiger charge is -2.10. The van der Waals surface area contributed by atoms with E-state index in [9.17, 15) is 4.79 Å². The van der Waals surface area contributed by atoms with Crippen LogP contribution in [0, 0.1) is 0 Å². The number of carbonyl (C=O) groups excluding carboxylic acids is 1. The highest BCUT2D eigenvalue weighted by Crippen LogP contribution is 2.16. The molecule has 1 amide bonds. The van der Waals surface area contributed by atoms with Crippen LogP contribution in [0.3, 0.4) is 0 Å². The summed E-state index contributed by atoms with van der Waals surface area (Å²) in [6.45, 7) is 0. The van der Waals surface area contributed by atoms with E-state index in [1.165, 1.54) is 20.2 Å². The maximum atomic E-state index is 11.4. The molecule has 6 heteroatoms. The molecule has 94 valence electrons. The monoisotopic (exact) mass is 257 g/mol. The van der Waals surface area contributed by atoms with Gasteiger partial charge in [0.15, 0.2) is 0 Å². The maximum Gasteiger partial charge on any atom is 0.269 e. The molecule has 0 atom stereocenters. The standard InChI is InChI=1S/C11H15N3O2.ClH/c1-14(16-2)11(15)6-3-8-7-9(12)4-5-10(8)13;/h3-7H,12-13H2,1-2H3;1H/b6-3+;. The number of rotatable bonds is 3. The summed E-state index contributed by atoms with van der Waals surface area (Å²) in [5.41, 5.74) is 13.2. The lowest BCUT2D eigenvalue weighted by Crippen LogP contribution is -2.22. The van der Waals surface area contributed by atoms with Crippen LogP contribution in [-0.4, -0.2) is 25.1 Å². The highest BCUT2D eigenvalue weighted by Gasteiger charge is 2.03. The number of halogens is 1.